The minimum absolute atomic E-state index is 0. The molecule has 3 fully saturated rings. The molecular formula is C10H19ClN2. The van der Waals surface area contributed by atoms with Gasteiger partial charge in [0.2, 0.25) is 0 Å². The molecule has 13 heavy (non-hydrogen) atoms. The number of rotatable bonds is 2. The maximum absolute atomic E-state index is 3.92. The minimum atomic E-state index is 0. The molecule has 0 aromatic rings. The van der Waals surface area contributed by atoms with Gasteiger partial charge in [0.25, 0.3) is 0 Å². The Morgan fingerprint density at radius 2 is 1.69 bits per heavy atom. The molecule has 0 aromatic carbocycles. The minimum Gasteiger partial charge on any atom is -1.00 e. The summed E-state index contributed by atoms with van der Waals surface area (Å²) in [6.07, 6.45) is 2.13. The first-order valence-corrected chi connectivity index (χ1v) is 4.97. The molecular weight excluding hydrogens is 184 g/mol. The number of fused-ring (bicyclic) bond motifs is 3. The fraction of sp³-hybridized carbons (Fsp3) is 0.800. The maximum Gasteiger partial charge on any atom is 0.105 e. The lowest BCUT2D eigenvalue weighted by atomic mass is 10.1. The fourth-order valence-corrected chi connectivity index (χ4v) is 2.53. The van der Waals surface area contributed by atoms with E-state index in [9.17, 15) is 0 Å². The van der Waals surface area contributed by atoms with Crippen LogP contribution >= 0.6 is 0 Å². The van der Waals surface area contributed by atoms with E-state index in [1.807, 2.05) is 0 Å². The van der Waals surface area contributed by atoms with Gasteiger partial charge in [-0.25, -0.2) is 0 Å². The Balaban J connectivity index is 0.000000845. The standard InChI is InChI=1S/C10H19N2.ClH/c1-3-10(2)12-7-4-11(5-8-12)6-9-12;/h3,10H,1,4-9H2,2H3;1H/q+1;/p-1. The van der Waals surface area contributed by atoms with E-state index >= 15 is 0 Å². The average Bonchev–Trinajstić information content (AvgIpc) is 2.19. The van der Waals surface area contributed by atoms with Crippen LogP contribution in [0.15, 0.2) is 12.7 Å². The Morgan fingerprint density at radius 1 is 1.23 bits per heavy atom. The highest BCUT2D eigenvalue weighted by Gasteiger charge is 2.40. The van der Waals surface area contributed by atoms with Gasteiger partial charge in [-0.05, 0) is 13.0 Å². The number of piperazine rings is 3. The van der Waals surface area contributed by atoms with Crippen LogP contribution in [0.3, 0.4) is 0 Å². The van der Waals surface area contributed by atoms with Crippen LogP contribution in [0.2, 0.25) is 0 Å². The maximum atomic E-state index is 3.92. The topological polar surface area (TPSA) is 3.24 Å². The van der Waals surface area contributed by atoms with E-state index in [2.05, 4.69) is 24.5 Å². The van der Waals surface area contributed by atoms with Crippen molar-refractivity contribution >= 4 is 0 Å². The third-order valence-corrected chi connectivity index (χ3v) is 3.79. The summed E-state index contributed by atoms with van der Waals surface area (Å²) in [6, 6.07) is 0.660. The molecule has 0 aliphatic carbocycles. The predicted molar refractivity (Wildman–Crippen MR) is 51.0 cm³/mol. The molecule has 0 spiro atoms. The number of halogens is 1. The molecule has 76 valence electrons. The van der Waals surface area contributed by atoms with Crippen LogP contribution in [0.5, 0.6) is 0 Å². The molecule has 2 bridgehead atoms. The summed E-state index contributed by atoms with van der Waals surface area (Å²) < 4.78 is 1.31. The first kappa shape index (κ1) is 11.0. The average molecular weight is 203 g/mol. The Bertz CT molecular complexity index is 172. The van der Waals surface area contributed by atoms with E-state index in [1.165, 1.54) is 43.8 Å². The molecule has 3 saturated heterocycles. The third-order valence-electron chi connectivity index (χ3n) is 3.79. The van der Waals surface area contributed by atoms with Gasteiger partial charge in [0.05, 0.1) is 19.6 Å². The van der Waals surface area contributed by atoms with Gasteiger partial charge in [-0.15, -0.1) is 0 Å². The van der Waals surface area contributed by atoms with Crippen molar-refractivity contribution in [3.8, 4) is 0 Å². The van der Waals surface area contributed by atoms with Gasteiger partial charge in [0.15, 0.2) is 0 Å². The van der Waals surface area contributed by atoms with Crippen molar-refractivity contribution < 1.29 is 16.9 Å². The zero-order valence-electron chi connectivity index (χ0n) is 8.38. The Hall–Kier alpha value is -0.0500. The van der Waals surface area contributed by atoms with Gasteiger partial charge in [-0.3, -0.25) is 4.90 Å². The van der Waals surface area contributed by atoms with Crippen LogP contribution in [-0.2, 0) is 0 Å². The highest BCUT2D eigenvalue weighted by molar-refractivity contribution is 4.82. The fourth-order valence-electron chi connectivity index (χ4n) is 2.53. The number of hydrogen-bond donors (Lipinski definition) is 0. The summed E-state index contributed by atoms with van der Waals surface area (Å²) in [7, 11) is 0. The van der Waals surface area contributed by atoms with Crippen molar-refractivity contribution in [2.24, 2.45) is 0 Å². The lowest BCUT2D eigenvalue weighted by Gasteiger charge is -2.53. The lowest BCUT2D eigenvalue weighted by Crippen LogP contribution is -3.00. The molecule has 0 amide bonds. The van der Waals surface area contributed by atoms with Gasteiger partial charge in [0.1, 0.15) is 6.04 Å². The van der Waals surface area contributed by atoms with Gasteiger partial charge in [0, 0.05) is 19.6 Å². The van der Waals surface area contributed by atoms with Crippen LogP contribution in [-0.4, -0.2) is 54.7 Å². The molecule has 1 unspecified atom stereocenters. The number of nitrogens with zero attached hydrogens (tertiary/aromatic N) is 2. The second-order valence-corrected chi connectivity index (χ2v) is 4.21. The van der Waals surface area contributed by atoms with Crippen molar-refractivity contribution in [2.75, 3.05) is 39.3 Å². The van der Waals surface area contributed by atoms with E-state index in [0.717, 1.165) is 0 Å². The highest BCUT2D eigenvalue weighted by Crippen LogP contribution is 2.23. The molecule has 3 heteroatoms. The number of quaternary nitrogens is 1. The van der Waals surface area contributed by atoms with Crippen LogP contribution < -0.4 is 12.4 Å². The summed E-state index contributed by atoms with van der Waals surface area (Å²) in [5, 5.41) is 0. The SMILES string of the molecule is C=CC(C)[N+]12CCN(CC1)CC2.[Cl-]. The van der Waals surface area contributed by atoms with Crippen molar-refractivity contribution in [1.29, 1.82) is 0 Å². The van der Waals surface area contributed by atoms with Crippen molar-refractivity contribution in [3.63, 3.8) is 0 Å². The van der Waals surface area contributed by atoms with Crippen LogP contribution in [0.1, 0.15) is 6.92 Å². The highest BCUT2D eigenvalue weighted by atomic mass is 35.5. The van der Waals surface area contributed by atoms with Crippen molar-refractivity contribution in [2.45, 2.75) is 13.0 Å². The quantitative estimate of drug-likeness (QED) is 0.360. The van der Waals surface area contributed by atoms with E-state index < -0.39 is 0 Å². The van der Waals surface area contributed by atoms with Gasteiger partial charge in [-0.2, -0.15) is 0 Å². The largest absolute Gasteiger partial charge is 1.00 e. The lowest BCUT2D eigenvalue weighted by molar-refractivity contribution is -0.955. The van der Waals surface area contributed by atoms with Crippen molar-refractivity contribution in [1.82, 2.24) is 4.90 Å². The van der Waals surface area contributed by atoms with E-state index in [1.54, 1.807) is 0 Å². The van der Waals surface area contributed by atoms with Crippen LogP contribution in [0, 0.1) is 0 Å². The zero-order valence-corrected chi connectivity index (χ0v) is 9.13. The molecule has 3 rings (SSSR count). The molecule has 0 N–H and O–H groups in total. The molecule has 0 radical (unpaired) electrons. The molecule has 0 aromatic heterocycles. The Morgan fingerprint density at radius 3 is 2.08 bits per heavy atom. The van der Waals surface area contributed by atoms with E-state index in [-0.39, 0.29) is 12.4 Å². The first-order valence-electron chi connectivity index (χ1n) is 4.97. The van der Waals surface area contributed by atoms with Gasteiger partial charge >= 0.3 is 0 Å². The molecule has 3 aliphatic heterocycles. The van der Waals surface area contributed by atoms with E-state index in [4.69, 9.17) is 0 Å². The predicted octanol–water partition coefficient (Wildman–Crippen LogP) is -2.29. The monoisotopic (exact) mass is 202 g/mol. The second-order valence-electron chi connectivity index (χ2n) is 4.21. The summed E-state index contributed by atoms with van der Waals surface area (Å²) in [5.74, 6) is 0. The van der Waals surface area contributed by atoms with Gasteiger partial charge < -0.3 is 16.9 Å². The smallest absolute Gasteiger partial charge is 0.105 e. The molecule has 3 aliphatic rings. The van der Waals surface area contributed by atoms with Crippen LogP contribution in [0.25, 0.3) is 0 Å². The van der Waals surface area contributed by atoms with Crippen molar-refractivity contribution in [3.05, 3.63) is 12.7 Å². The van der Waals surface area contributed by atoms with Crippen LogP contribution in [0.4, 0.5) is 0 Å². The zero-order chi connectivity index (χ0) is 8.60. The normalized spacial score (nSPS) is 39.3. The number of hydrogen-bond acceptors (Lipinski definition) is 1. The van der Waals surface area contributed by atoms with E-state index in [0.29, 0.717) is 6.04 Å². The molecule has 1 atom stereocenters. The molecule has 3 heterocycles. The summed E-state index contributed by atoms with van der Waals surface area (Å²) in [5.41, 5.74) is 0. The molecule has 2 nitrogen and oxygen atoms in total. The first-order chi connectivity index (χ1) is 5.77. The Labute approximate surface area is 87.2 Å². The second kappa shape index (κ2) is 3.99. The summed E-state index contributed by atoms with van der Waals surface area (Å²) in [6.45, 7) is 14.2. The molecule has 0 saturated carbocycles. The third kappa shape index (κ3) is 1.76. The summed E-state index contributed by atoms with van der Waals surface area (Å²) >= 11 is 0. The Kier molecular flexibility index (Phi) is 3.38. The van der Waals surface area contributed by atoms with Gasteiger partial charge in [-0.1, -0.05) is 6.58 Å². The summed E-state index contributed by atoms with van der Waals surface area (Å²) in [4.78, 5) is 2.58.